The minimum Gasteiger partial charge on any atom is -0.489 e. The Morgan fingerprint density at radius 3 is 2.71 bits per heavy atom. The van der Waals surface area contributed by atoms with Gasteiger partial charge in [-0.05, 0) is 19.9 Å². The number of ether oxygens (including phenoxy) is 1. The Balaban J connectivity index is 1.98. The molecule has 112 valence electrons. The molecule has 1 aliphatic heterocycles. The van der Waals surface area contributed by atoms with Crippen LogP contribution in [-0.2, 0) is 7.05 Å². The molecule has 2 aromatic heterocycles. The fourth-order valence-electron chi connectivity index (χ4n) is 2.62. The van der Waals surface area contributed by atoms with E-state index in [1.165, 1.54) is 6.20 Å². The Labute approximate surface area is 122 Å². The van der Waals surface area contributed by atoms with E-state index in [2.05, 4.69) is 22.0 Å². The van der Waals surface area contributed by atoms with Crippen molar-refractivity contribution in [3.8, 4) is 5.75 Å². The van der Waals surface area contributed by atoms with Gasteiger partial charge in [0.15, 0.2) is 5.65 Å². The van der Waals surface area contributed by atoms with Crippen molar-refractivity contribution in [2.24, 2.45) is 7.05 Å². The van der Waals surface area contributed by atoms with E-state index in [9.17, 15) is 9.90 Å². The molecule has 0 spiro atoms. The molecule has 7 heteroatoms. The highest BCUT2D eigenvalue weighted by Gasteiger charge is 2.24. The predicted molar refractivity (Wildman–Crippen MR) is 76.6 cm³/mol. The molecule has 7 nitrogen and oxygen atoms in total. The van der Waals surface area contributed by atoms with Gasteiger partial charge in [0, 0.05) is 26.3 Å². The van der Waals surface area contributed by atoms with Gasteiger partial charge in [0.1, 0.15) is 17.4 Å². The number of likely N-dealkylation sites (tertiary alicyclic amines) is 1. The van der Waals surface area contributed by atoms with Gasteiger partial charge in [-0.15, -0.1) is 0 Å². The van der Waals surface area contributed by atoms with Crippen molar-refractivity contribution in [2.75, 3.05) is 20.1 Å². The number of rotatable bonds is 3. The van der Waals surface area contributed by atoms with E-state index in [1.54, 1.807) is 17.9 Å². The highest BCUT2D eigenvalue weighted by atomic mass is 16.5. The van der Waals surface area contributed by atoms with Gasteiger partial charge in [-0.2, -0.15) is 5.10 Å². The van der Waals surface area contributed by atoms with E-state index >= 15 is 0 Å². The van der Waals surface area contributed by atoms with Crippen LogP contribution < -0.4 is 4.74 Å². The number of fused-ring (bicyclic) bond motifs is 1. The fourth-order valence-corrected chi connectivity index (χ4v) is 2.62. The summed E-state index contributed by atoms with van der Waals surface area (Å²) in [5.41, 5.74) is 0.720. The maximum Gasteiger partial charge on any atom is 0.341 e. The SMILES string of the molecule is CN1CCC(Oc2c(C(=O)O)cnc3c2cnn3C)CC1. The van der Waals surface area contributed by atoms with E-state index in [0.29, 0.717) is 16.8 Å². The molecule has 1 fully saturated rings. The number of aromatic nitrogens is 3. The number of piperidine rings is 1. The third-order valence-corrected chi connectivity index (χ3v) is 3.89. The van der Waals surface area contributed by atoms with Gasteiger partial charge < -0.3 is 14.7 Å². The molecule has 1 aliphatic rings. The molecular weight excluding hydrogens is 272 g/mol. The van der Waals surface area contributed by atoms with Gasteiger partial charge >= 0.3 is 5.97 Å². The number of nitrogens with zero attached hydrogens (tertiary/aromatic N) is 4. The van der Waals surface area contributed by atoms with Gasteiger partial charge in [0.2, 0.25) is 0 Å². The molecule has 1 N–H and O–H groups in total. The van der Waals surface area contributed by atoms with Crippen molar-refractivity contribution < 1.29 is 14.6 Å². The second-order valence-corrected chi connectivity index (χ2v) is 5.43. The standard InChI is InChI=1S/C14H18N4O3/c1-17-5-3-9(4-6-17)21-12-10-8-16-18(2)13(10)15-7-11(12)14(19)20/h7-9H,3-6H2,1-2H3,(H,19,20). The van der Waals surface area contributed by atoms with Gasteiger partial charge in [0.05, 0.1) is 11.6 Å². The van der Waals surface area contributed by atoms with Crippen molar-refractivity contribution in [1.82, 2.24) is 19.7 Å². The Morgan fingerprint density at radius 2 is 2.05 bits per heavy atom. The summed E-state index contributed by atoms with van der Waals surface area (Å²) in [5, 5.41) is 14.1. The molecule has 0 aliphatic carbocycles. The summed E-state index contributed by atoms with van der Waals surface area (Å²) >= 11 is 0. The molecule has 0 amide bonds. The Kier molecular flexibility index (Phi) is 3.50. The zero-order valence-corrected chi connectivity index (χ0v) is 12.1. The van der Waals surface area contributed by atoms with Crippen LogP contribution in [0, 0.1) is 0 Å². The lowest BCUT2D eigenvalue weighted by molar-refractivity contribution is 0.0681. The fraction of sp³-hybridized carbons (Fsp3) is 0.500. The third kappa shape index (κ3) is 2.56. The Hall–Kier alpha value is -2.15. The first-order valence-corrected chi connectivity index (χ1v) is 6.95. The number of aromatic carboxylic acids is 1. The van der Waals surface area contributed by atoms with E-state index in [1.807, 2.05) is 0 Å². The number of aryl methyl sites for hydroxylation is 1. The molecule has 1 saturated heterocycles. The smallest absolute Gasteiger partial charge is 0.341 e. The molecular formula is C14H18N4O3. The lowest BCUT2D eigenvalue weighted by atomic mass is 10.1. The quantitative estimate of drug-likeness (QED) is 0.913. The second kappa shape index (κ2) is 5.33. The number of carboxylic acids is 1. The molecule has 21 heavy (non-hydrogen) atoms. The molecule has 0 radical (unpaired) electrons. The van der Waals surface area contributed by atoms with Crippen molar-refractivity contribution in [1.29, 1.82) is 0 Å². The van der Waals surface area contributed by atoms with Gasteiger partial charge in [-0.3, -0.25) is 4.68 Å². The summed E-state index contributed by atoms with van der Waals surface area (Å²) in [4.78, 5) is 17.8. The molecule has 0 atom stereocenters. The summed E-state index contributed by atoms with van der Waals surface area (Å²) in [5.74, 6) is -0.647. The Bertz CT molecular complexity index is 674. The minimum absolute atomic E-state index is 0.0325. The summed E-state index contributed by atoms with van der Waals surface area (Å²) < 4.78 is 7.64. The van der Waals surface area contributed by atoms with Crippen LogP contribution in [0.15, 0.2) is 12.4 Å². The van der Waals surface area contributed by atoms with Crippen LogP contribution in [0.5, 0.6) is 5.75 Å². The normalized spacial score (nSPS) is 17.2. The average molecular weight is 290 g/mol. The lowest BCUT2D eigenvalue weighted by Gasteiger charge is -2.29. The van der Waals surface area contributed by atoms with Crippen LogP contribution in [0.3, 0.4) is 0 Å². The van der Waals surface area contributed by atoms with E-state index in [4.69, 9.17) is 4.74 Å². The Morgan fingerprint density at radius 1 is 1.33 bits per heavy atom. The van der Waals surface area contributed by atoms with Gasteiger partial charge in [-0.1, -0.05) is 0 Å². The van der Waals surface area contributed by atoms with Crippen LogP contribution in [0.2, 0.25) is 0 Å². The zero-order chi connectivity index (χ0) is 15.0. The van der Waals surface area contributed by atoms with Crippen LogP contribution >= 0.6 is 0 Å². The lowest BCUT2D eigenvalue weighted by Crippen LogP contribution is -2.35. The van der Waals surface area contributed by atoms with Gasteiger partial charge in [-0.25, -0.2) is 9.78 Å². The number of hydrogen-bond donors (Lipinski definition) is 1. The molecule has 0 saturated carbocycles. The number of hydrogen-bond acceptors (Lipinski definition) is 5. The maximum atomic E-state index is 11.4. The largest absolute Gasteiger partial charge is 0.489 e. The highest BCUT2D eigenvalue weighted by molar-refractivity contribution is 5.97. The molecule has 3 rings (SSSR count). The first-order valence-electron chi connectivity index (χ1n) is 6.95. The second-order valence-electron chi connectivity index (χ2n) is 5.43. The molecule has 0 aromatic carbocycles. The van der Waals surface area contributed by atoms with Crippen LogP contribution in [-0.4, -0.2) is 57.0 Å². The van der Waals surface area contributed by atoms with Crippen molar-refractivity contribution in [2.45, 2.75) is 18.9 Å². The summed E-state index contributed by atoms with van der Waals surface area (Å²) in [6.45, 7) is 1.91. The third-order valence-electron chi connectivity index (χ3n) is 3.89. The molecule has 3 heterocycles. The summed E-state index contributed by atoms with van der Waals surface area (Å²) in [7, 11) is 3.85. The highest BCUT2D eigenvalue weighted by Crippen LogP contribution is 2.30. The predicted octanol–water partition coefficient (Wildman–Crippen LogP) is 1.14. The van der Waals surface area contributed by atoms with Crippen molar-refractivity contribution in [3.63, 3.8) is 0 Å². The molecule has 0 unspecified atom stereocenters. The maximum absolute atomic E-state index is 11.4. The van der Waals surface area contributed by atoms with Crippen LogP contribution in [0.4, 0.5) is 0 Å². The van der Waals surface area contributed by atoms with E-state index in [-0.39, 0.29) is 11.7 Å². The van der Waals surface area contributed by atoms with Crippen molar-refractivity contribution in [3.05, 3.63) is 18.0 Å². The number of carbonyl (C=O) groups is 1. The number of pyridine rings is 1. The number of carboxylic acid groups (broad SMARTS) is 1. The van der Waals surface area contributed by atoms with Gasteiger partial charge in [0.25, 0.3) is 0 Å². The zero-order valence-electron chi connectivity index (χ0n) is 12.1. The monoisotopic (exact) mass is 290 g/mol. The molecule has 2 aromatic rings. The van der Waals surface area contributed by atoms with E-state index < -0.39 is 5.97 Å². The minimum atomic E-state index is -1.03. The van der Waals surface area contributed by atoms with Crippen LogP contribution in [0.25, 0.3) is 11.0 Å². The first-order chi connectivity index (χ1) is 10.1. The van der Waals surface area contributed by atoms with E-state index in [0.717, 1.165) is 25.9 Å². The summed E-state index contributed by atoms with van der Waals surface area (Å²) in [6, 6.07) is 0. The van der Waals surface area contributed by atoms with Crippen LogP contribution in [0.1, 0.15) is 23.2 Å². The average Bonchev–Trinajstić information content (AvgIpc) is 2.83. The summed E-state index contributed by atoms with van der Waals surface area (Å²) in [6.07, 6.45) is 4.76. The topological polar surface area (TPSA) is 80.5 Å². The van der Waals surface area contributed by atoms with Crippen molar-refractivity contribution >= 4 is 17.0 Å². The molecule has 0 bridgehead atoms. The first kappa shape index (κ1) is 13.8.